The lowest BCUT2D eigenvalue weighted by Gasteiger charge is -2.32. The second kappa shape index (κ2) is 8.10. The largest absolute Gasteiger partial charge is 0.496 e. The monoisotopic (exact) mass is 374 g/mol. The highest BCUT2D eigenvalue weighted by Crippen LogP contribution is 2.29. The molecule has 3 rings (SSSR count). The van der Waals surface area contributed by atoms with Crippen LogP contribution in [0.4, 0.5) is 0 Å². The van der Waals surface area contributed by atoms with Gasteiger partial charge in [0.25, 0.3) is 5.91 Å². The molecule has 0 fully saturated rings. The van der Waals surface area contributed by atoms with E-state index in [2.05, 4.69) is 28.6 Å². The number of benzene rings is 1. The van der Waals surface area contributed by atoms with E-state index >= 15 is 0 Å². The number of rotatable bonds is 6. The number of methoxy groups -OCH3 is 2. The SMILES string of the molecule is COc1cc(C(=O)NCC(C)N2CCc3sccc3C2)cc(OC)c1C. The van der Waals surface area contributed by atoms with Gasteiger partial charge >= 0.3 is 0 Å². The Balaban J connectivity index is 1.62. The molecular weight excluding hydrogens is 348 g/mol. The van der Waals surface area contributed by atoms with Crippen molar-refractivity contribution in [1.29, 1.82) is 0 Å². The van der Waals surface area contributed by atoms with Crippen molar-refractivity contribution in [2.75, 3.05) is 27.3 Å². The number of carbonyl (C=O) groups is 1. The maximum atomic E-state index is 12.6. The van der Waals surface area contributed by atoms with Gasteiger partial charge in [0.2, 0.25) is 0 Å². The molecule has 1 atom stereocenters. The minimum absolute atomic E-state index is 0.110. The third-order valence-electron chi connectivity index (χ3n) is 5.03. The lowest BCUT2D eigenvalue weighted by Crippen LogP contribution is -2.44. The zero-order valence-electron chi connectivity index (χ0n) is 15.8. The smallest absolute Gasteiger partial charge is 0.251 e. The van der Waals surface area contributed by atoms with E-state index in [1.54, 1.807) is 26.4 Å². The molecule has 1 aliphatic heterocycles. The number of nitrogens with one attached hydrogen (secondary N) is 1. The second-order valence-electron chi connectivity index (χ2n) is 6.65. The van der Waals surface area contributed by atoms with Gasteiger partial charge in [-0.1, -0.05) is 0 Å². The van der Waals surface area contributed by atoms with Crippen LogP contribution in [0.1, 0.15) is 33.3 Å². The van der Waals surface area contributed by atoms with Crippen LogP contribution in [0.3, 0.4) is 0 Å². The highest BCUT2D eigenvalue weighted by molar-refractivity contribution is 7.10. The lowest BCUT2D eigenvalue weighted by molar-refractivity contribution is 0.0932. The number of carbonyl (C=O) groups excluding carboxylic acids is 1. The van der Waals surface area contributed by atoms with Crippen LogP contribution in [0, 0.1) is 6.92 Å². The number of nitrogens with zero attached hydrogens (tertiary/aromatic N) is 1. The summed E-state index contributed by atoms with van der Waals surface area (Å²) in [6.45, 7) is 6.68. The Hall–Kier alpha value is -2.05. The van der Waals surface area contributed by atoms with Crippen molar-refractivity contribution >= 4 is 17.2 Å². The first-order valence-corrected chi connectivity index (χ1v) is 9.71. The van der Waals surface area contributed by atoms with E-state index < -0.39 is 0 Å². The number of hydrogen-bond donors (Lipinski definition) is 1. The average molecular weight is 375 g/mol. The van der Waals surface area contributed by atoms with Crippen LogP contribution in [-0.4, -0.2) is 44.2 Å². The summed E-state index contributed by atoms with van der Waals surface area (Å²) < 4.78 is 10.7. The molecule has 1 N–H and O–H groups in total. The summed E-state index contributed by atoms with van der Waals surface area (Å²) in [6.07, 6.45) is 1.09. The Kier molecular flexibility index (Phi) is 5.84. The van der Waals surface area contributed by atoms with E-state index in [-0.39, 0.29) is 11.9 Å². The molecular formula is C20H26N2O3S. The van der Waals surface area contributed by atoms with E-state index in [9.17, 15) is 4.79 Å². The minimum atomic E-state index is -0.110. The number of hydrogen-bond acceptors (Lipinski definition) is 5. The fourth-order valence-corrected chi connectivity index (χ4v) is 4.22. The van der Waals surface area contributed by atoms with Crippen molar-refractivity contribution in [3.8, 4) is 11.5 Å². The van der Waals surface area contributed by atoms with Gasteiger partial charge in [-0.25, -0.2) is 0 Å². The highest BCUT2D eigenvalue weighted by Gasteiger charge is 2.22. The first-order chi connectivity index (χ1) is 12.5. The maximum absolute atomic E-state index is 12.6. The van der Waals surface area contributed by atoms with E-state index in [1.165, 1.54) is 10.4 Å². The number of thiophene rings is 1. The summed E-state index contributed by atoms with van der Waals surface area (Å²) in [5.41, 5.74) is 2.86. The fraction of sp³-hybridized carbons (Fsp3) is 0.450. The Morgan fingerprint density at radius 2 is 2.00 bits per heavy atom. The molecule has 0 saturated carbocycles. The molecule has 0 radical (unpaired) electrons. The van der Waals surface area contributed by atoms with Crippen molar-refractivity contribution < 1.29 is 14.3 Å². The zero-order valence-corrected chi connectivity index (χ0v) is 16.6. The minimum Gasteiger partial charge on any atom is -0.496 e. The van der Waals surface area contributed by atoms with Gasteiger partial charge in [-0.15, -0.1) is 11.3 Å². The molecule has 1 unspecified atom stereocenters. The number of ether oxygens (including phenoxy) is 2. The maximum Gasteiger partial charge on any atom is 0.251 e. The Bertz CT molecular complexity index is 762. The molecule has 140 valence electrons. The van der Waals surface area contributed by atoms with E-state index in [0.717, 1.165) is 25.1 Å². The predicted octanol–water partition coefficient (Wildman–Crippen LogP) is 3.25. The average Bonchev–Trinajstić information content (AvgIpc) is 3.13. The Morgan fingerprint density at radius 1 is 1.31 bits per heavy atom. The summed E-state index contributed by atoms with van der Waals surface area (Å²) >= 11 is 1.84. The second-order valence-corrected chi connectivity index (χ2v) is 7.65. The standard InChI is InChI=1S/C20H26N2O3S/c1-13(22-7-5-19-15(12-22)6-8-26-19)11-21-20(23)16-9-17(24-3)14(2)18(10-16)25-4/h6,8-10,13H,5,7,11-12H2,1-4H3,(H,21,23). The van der Waals surface area contributed by atoms with Crippen molar-refractivity contribution in [2.24, 2.45) is 0 Å². The molecule has 6 heteroatoms. The summed E-state index contributed by atoms with van der Waals surface area (Å²) in [6, 6.07) is 6.01. The summed E-state index contributed by atoms with van der Waals surface area (Å²) in [4.78, 5) is 16.5. The van der Waals surface area contributed by atoms with Crippen molar-refractivity contribution in [2.45, 2.75) is 32.9 Å². The first kappa shape index (κ1) is 18.7. The quantitative estimate of drug-likeness (QED) is 0.843. The van der Waals surface area contributed by atoms with E-state index in [4.69, 9.17) is 9.47 Å². The highest BCUT2D eigenvalue weighted by atomic mass is 32.1. The molecule has 0 spiro atoms. The number of fused-ring (bicyclic) bond motifs is 1. The third-order valence-corrected chi connectivity index (χ3v) is 6.06. The van der Waals surface area contributed by atoms with Gasteiger partial charge in [0.1, 0.15) is 11.5 Å². The molecule has 0 saturated heterocycles. The molecule has 2 heterocycles. The molecule has 0 aliphatic carbocycles. The summed E-state index contributed by atoms with van der Waals surface area (Å²) in [5.74, 6) is 1.20. The lowest BCUT2D eigenvalue weighted by atomic mass is 10.1. The van der Waals surface area contributed by atoms with Gasteiger partial charge in [-0.2, -0.15) is 0 Å². The van der Waals surface area contributed by atoms with Gasteiger partial charge in [0.15, 0.2) is 0 Å². The van der Waals surface area contributed by atoms with Crippen LogP contribution in [0.25, 0.3) is 0 Å². The third kappa shape index (κ3) is 3.86. The van der Waals surface area contributed by atoms with Crippen LogP contribution >= 0.6 is 11.3 Å². The predicted molar refractivity (Wildman–Crippen MR) is 105 cm³/mol. The molecule has 0 bridgehead atoms. The van der Waals surface area contributed by atoms with Crippen LogP contribution in [0.15, 0.2) is 23.6 Å². The normalized spacial score (nSPS) is 15.2. The Morgan fingerprint density at radius 3 is 2.65 bits per heavy atom. The first-order valence-electron chi connectivity index (χ1n) is 8.83. The van der Waals surface area contributed by atoms with Crippen LogP contribution in [-0.2, 0) is 13.0 Å². The van der Waals surface area contributed by atoms with Gasteiger partial charge in [-0.3, -0.25) is 9.69 Å². The Labute approximate surface area is 158 Å². The van der Waals surface area contributed by atoms with Gasteiger partial charge in [-0.05, 0) is 49.4 Å². The number of amides is 1. The van der Waals surface area contributed by atoms with E-state index in [0.29, 0.717) is 23.6 Å². The molecule has 2 aromatic rings. The molecule has 5 nitrogen and oxygen atoms in total. The van der Waals surface area contributed by atoms with Gasteiger partial charge < -0.3 is 14.8 Å². The molecule has 1 aliphatic rings. The summed E-state index contributed by atoms with van der Waals surface area (Å²) in [5, 5.41) is 5.21. The zero-order chi connectivity index (χ0) is 18.7. The molecule has 1 aromatic heterocycles. The molecule has 26 heavy (non-hydrogen) atoms. The van der Waals surface area contributed by atoms with Crippen LogP contribution < -0.4 is 14.8 Å². The van der Waals surface area contributed by atoms with E-state index in [1.807, 2.05) is 18.3 Å². The topological polar surface area (TPSA) is 50.8 Å². The van der Waals surface area contributed by atoms with Crippen molar-refractivity contribution in [3.63, 3.8) is 0 Å². The van der Waals surface area contributed by atoms with Crippen LogP contribution in [0.5, 0.6) is 11.5 Å². The van der Waals surface area contributed by atoms with Gasteiger partial charge in [0.05, 0.1) is 14.2 Å². The van der Waals surface area contributed by atoms with Crippen LogP contribution in [0.2, 0.25) is 0 Å². The van der Waals surface area contributed by atoms with Crippen molar-refractivity contribution in [1.82, 2.24) is 10.2 Å². The molecule has 1 aromatic carbocycles. The van der Waals surface area contributed by atoms with Gasteiger partial charge in [0, 0.05) is 41.7 Å². The summed E-state index contributed by atoms with van der Waals surface area (Å²) in [7, 11) is 3.20. The fourth-order valence-electron chi connectivity index (χ4n) is 3.34. The molecule has 1 amide bonds. The van der Waals surface area contributed by atoms with Crippen molar-refractivity contribution in [3.05, 3.63) is 45.1 Å².